The van der Waals surface area contributed by atoms with E-state index >= 15 is 0 Å². The van der Waals surface area contributed by atoms with Crippen LogP contribution < -0.4 is 41.4 Å². The zero-order valence-electron chi connectivity index (χ0n) is 28.4. The topological polar surface area (TPSA) is 283 Å². The summed E-state index contributed by atoms with van der Waals surface area (Å²) in [4.78, 5) is 26.1. The first-order chi connectivity index (χ1) is 24.9. The molecule has 2 heterocycles. The number of aliphatic hydroxyl groups excluding tert-OH is 2. The molecule has 9 N–H and O–H groups in total. The second-order valence-electron chi connectivity index (χ2n) is 9.86. The molecular weight excluding hydrogens is 696 g/mol. The maximum Gasteiger partial charge on any atom is 0.324 e. The highest BCUT2D eigenvalue weighted by atomic mass is 32.2. The fourth-order valence-electron chi connectivity index (χ4n) is 3.80. The fraction of sp³-hybridized carbons (Fsp3) is 0.571. The number of nitrogens with zero attached hydrogens (tertiary/aromatic N) is 6. The third-order valence-electron chi connectivity index (χ3n) is 5.89. The van der Waals surface area contributed by atoms with Gasteiger partial charge in [-0.3, -0.25) is 10.6 Å². The second kappa shape index (κ2) is 24.9. The summed E-state index contributed by atoms with van der Waals surface area (Å²) in [5, 5.41) is 36.0. The number of methoxy groups -OCH3 is 2. The average molecular weight is 743 g/mol. The van der Waals surface area contributed by atoms with Gasteiger partial charge in [0.2, 0.25) is 23.8 Å². The minimum absolute atomic E-state index is 0.0134. The van der Waals surface area contributed by atoms with Crippen molar-refractivity contribution >= 4 is 46.2 Å². The van der Waals surface area contributed by atoms with Gasteiger partial charge in [0.15, 0.2) is 11.1 Å². The van der Waals surface area contributed by atoms with Gasteiger partial charge in [0.1, 0.15) is 13.2 Å². The van der Waals surface area contributed by atoms with Crippen molar-refractivity contribution in [2.45, 2.75) is 4.90 Å². The van der Waals surface area contributed by atoms with Crippen LogP contribution in [0.4, 0.5) is 35.2 Å². The van der Waals surface area contributed by atoms with Crippen molar-refractivity contribution in [3.8, 4) is 12.0 Å². The Labute approximate surface area is 297 Å². The highest BCUT2D eigenvalue weighted by Crippen LogP contribution is 2.26. The summed E-state index contributed by atoms with van der Waals surface area (Å²) < 4.78 is 54.1. The Kier molecular flexibility index (Phi) is 20.1. The van der Waals surface area contributed by atoms with E-state index in [0.717, 1.165) is 0 Å². The molecule has 3 aromatic rings. The number of hydrogen-bond acceptors (Lipinski definition) is 21. The van der Waals surface area contributed by atoms with Crippen LogP contribution in [0.5, 0.6) is 12.0 Å². The zero-order valence-corrected chi connectivity index (χ0v) is 29.2. The van der Waals surface area contributed by atoms with Gasteiger partial charge >= 0.3 is 12.0 Å². The maximum absolute atomic E-state index is 12.2. The number of aliphatic hydroxyl groups is 2. The molecule has 1 unspecified atom stereocenters. The van der Waals surface area contributed by atoms with E-state index in [2.05, 4.69) is 61.8 Å². The predicted octanol–water partition coefficient (Wildman–Crippen LogP) is -0.889. The van der Waals surface area contributed by atoms with E-state index in [0.29, 0.717) is 51.0 Å². The Hall–Kier alpha value is -4.17. The van der Waals surface area contributed by atoms with E-state index in [4.69, 9.17) is 38.6 Å². The van der Waals surface area contributed by atoms with Crippen LogP contribution >= 0.6 is 0 Å². The van der Waals surface area contributed by atoms with Gasteiger partial charge in [-0.2, -0.15) is 24.9 Å². The normalized spacial score (nSPS) is 11.6. The van der Waals surface area contributed by atoms with Crippen molar-refractivity contribution in [2.24, 2.45) is 0 Å². The van der Waals surface area contributed by atoms with Gasteiger partial charge in [-0.15, -0.1) is 4.98 Å². The smallest absolute Gasteiger partial charge is 0.324 e. The number of ether oxygens (including phenoxy) is 6. The van der Waals surface area contributed by atoms with Crippen LogP contribution in [-0.2, 0) is 30.0 Å². The zero-order chi connectivity index (χ0) is 36.5. The Balaban J connectivity index is 1.84. The Morgan fingerprint density at radius 3 is 1.53 bits per heavy atom. The first kappa shape index (κ1) is 41.3. The number of aromatic nitrogens is 6. The lowest BCUT2D eigenvalue weighted by atomic mass is 10.2. The van der Waals surface area contributed by atoms with Crippen LogP contribution in [0.15, 0.2) is 23.1 Å². The molecule has 2 aromatic heterocycles. The Morgan fingerprint density at radius 1 is 0.608 bits per heavy atom. The fourth-order valence-corrected chi connectivity index (χ4v) is 4.25. The van der Waals surface area contributed by atoms with Crippen molar-refractivity contribution in [2.75, 3.05) is 128 Å². The molecule has 51 heavy (non-hydrogen) atoms. The molecule has 0 aliphatic rings. The number of rotatable bonds is 29. The molecule has 1 aromatic carbocycles. The third-order valence-corrected chi connectivity index (χ3v) is 6.53. The van der Waals surface area contributed by atoms with Crippen LogP contribution in [0.3, 0.4) is 0 Å². The molecule has 22 nitrogen and oxygen atoms in total. The predicted molar refractivity (Wildman–Crippen MR) is 185 cm³/mol. The molecule has 0 aliphatic heterocycles. The van der Waals surface area contributed by atoms with E-state index in [-0.39, 0.29) is 93.6 Å². The van der Waals surface area contributed by atoms with E-state index in [1.165, 1.54) is 12.1 Å². The highest BCUT2D eigenvalue weighted by Gasteiger charge is 2.14. The summed E-state index contributed by atoms with van der Waals surface area (Å²) >= 11 is -2.37. The minimum atomic E-state index is -2.37. The molecule has 0 aliphatic carbocycles. The van der Waals surface area contributed by atoms with E-state index in [1.807, 2.05) is 0 Å². The molecule has 284 valence electrons. The SMILES string of the molecule is COCNCCOc1nc(Nc2cc(Nc3nc(NCCOCCO)nc(NCCOCCO)n3)cc(S(=O)O)c2)nc(OCCNCOC)n1. The highest BCUT2D eigenvalue weighted by molar-refractivity contribution is 7.79. The summed E-state index contributed by atoms with van der Waals surface area (Å²) in [6.07, 6.45) is 0. The summed E-state index contributed by atoms with van der Waals surface area (Å²) in [5.74, 6) is 0.560. The maximum atomic E-state index is 12.2. The van der Waals surface area contributed by atoms with E-state index in [1.54, 1.807) is 20.3 Å². The molecule has 0 radical (unpaired) electrons. The number of hydrogen-bond donors (Lipinski definition) is 9. The molecule has 0 saturated carbocycles. The van der Waals surface area contributed by atoms with E-state index < -0.39 is 11.1 Å². The van der Waals surface area contributed by atoms with Crippen molar-refractivity contribution < 1.29 is 47.4 Å². The van der Waals surface area contributed by atoms with Crippen molar-refractivity contribution in [3.63, 3.8) is 0 Å². The molecule has 1 atom stereocenters. The molecular formula is C28H46N12O10S. The summed E-state index contributed by atoms with van der Waals surface area (Å²) in [7, 11) is 3.13. The second-order valence-corrected chi connectivity index (χ2v) is 10.8. The Bertz CT molecular complexity index is 1290. The van der Waals surface area contributed by atoms with Gasteiger partial charge in [0.25, 0.3) is 0 Å². The first-order valence-corrected chi connectivity index (χ1v) is 16.9. The molecule has 0 saturated heterocycles. The van der Waals surface area contributed by atoms with E-state index in [9.17, 15) is 8.76 Å². The van der Waals surface area contributed by atoms with Gasteiger partial charge in [0.05, 0.1) is 58.0 Å². The molecule has 0 amide bonds. The first-order valence-electron chi connectivity index (χ1n) is 15.8. The van der Waals surface area contributed by atoms with Crippen molar-refractivity contribution in [1.82, 2.24) is 40.5 Å². The molecule has 0 spiro atoms. The van der Waals surface area contributed by atoms with Gasteiger partial charge < -0.3 is 64.5 Å². The van der Waals surface area contributed by atoms with Crippen molar-refractivity contribution in [3.05, 3.63) is 18.2 Å². The third kappa shape index (κ3) is 17.1. The van der Waals surface area contributed by atoms with Crippen molar-refractivity contribution in [1.29, 1.82) is 0 Å². The average Bonchev–Trinajstić information content (AvgIpc) is 3.11. The van der Waals surface area contributed by atoms with Crippen LogP contribution in [-0.4, -0.2) is 156 Å². The molecule has 0 bridgehead atoms. The lowest BCUT2D eigenvalue weighted by Crippen LogP contribution is -2.24. The van der Waals surface area contributed by atoms with Gasteiger partial charge in [0, 0.05) is 51.8 Å². The van der Waals surface area contributed by atoms with Crippen LogP contribution in [0.25, 0.3) is 0 Å². The molecule has 23 heteroatoms. The lowest BCUT2D eigenvalue weighted by molar-refractivity contribution is 0.0990. The molecule has 0 fully saturated rings. The van der Waals surface area contributed by atoms with Gasteiger partial charge in [-0.05, 0) is 18.2 Å². The minimum Gasteiger partial charge on any atom is -0.462 e. The number of benzene rings is 1. The quantitative estimate of drug-likeness (QED) is 0.0237. The summed E-state index contributed by atoms with van der Waals surface area (Å²) in [6, 6.07) is 4.50. The molecule has 3 rings (SSSR count). The Morgan fingerprint density at radius 2 is 1.08 bits per heavy atom. The number of anilines is 6. The summed E-state index contributed by atoms with van der Waals surface area (Å²) in [6.45, 7) is 3.49. The largest absolute Gasteiger partial charge is 0.462 e. The lowest BCUT2D eigenvalue weighted by Gasteiger charge is -2.14. The van der Waals surface area contributed by atoms with Gasteiger partial charge in [-0.1, -0.05) is 0 Å². The summed E-state index contributed by atoms with van der Waals surface area (Å²) in [5.41, 5.74) is 0.672. The van der Waals surface area contributed by atoms with Crippen LogP contribution in [0.1, 0.15) is 0 Å². The number of nitrogens with one attached hydrogen (secondary N) is 6. The standard InChI is InChI=1S/C28H46N12O10S/c1-45-18-29-3-11-49-27-38-26(39-28(40-27)50-12-4-30-19-46-2)34-21-15-20(16-22(17-21)51(43)44)33-25-36-23(31-5-9-47-13-7-41)35-24(37-25)32-6-10-48-14-8-42/h15-17,29-30,41-42H,3-14,18-19H2,1-2H3,(H,43,44)(H,34,38,39,40)(H3,31,32,33,35,36,37). The van der Waals surface area contributed by atoms with Gasteiger partial charge in [-0.25, -0.2) is 4.21 Å². The van der Waals surface area contributed by atoms with Crippen LogP contribution in [0.2, 0.25) is 0 Å². The van der Waals surface area contributed by atoms with Crippen LogP contribution in [0, 0.1) is 0 Å². The monoisotopic (exact) mass is 742 g/mol.